The van der Waals surface area contributed by atoms with E-state index in [0.29, 0.717) is 19.0 Å². The number of hydrogen-bond acceptors (Lipinski definition) is 4. The molecule has 3 heterocycles. The van der Waals surface area contributed by atoms with Crippen molar-refractivity contribution in [2.45, 2.75) is 57.5 Å². The van der Waals surface area contributed by atoms with Crippen LogP contribution in [0, 0.1) is 11.8 Å². The number of ether oxygens (including phenoxy) is 2. The van der Waals surface area contributed by atoms with E-state index in [9.17, 15) is 9.59 Å². The van der Waals surface area contributed by atoms with E-state index in [1.54, 1.807) is 14.0 Å². The molecule has 6 nitrogen and oxygen atoms in total. The lowest BCUT2D eigenvalue weighted by atomic mass is 9.78. The highest BCUT2D eigenvalue weighted by molar-refractivity contribution is 5.80. The molecule has 1 atom stereocenters. The van der Waals surface area contributed by atoms with Crippen LogP contribution in [0.25, 0.3) is 0 Å². The van der Waals surface area contributed by atoms with Crippen LogP contribution in [-0.4, -0.2) is 73.7 Å². The molecule has 0 N–H and O–H groups in total. The Morgan fingerprint density at radius 1 is 1.08 bits per heavy atom. The Morgan fingerprint density at radius 3 is 2.38 bits per heavy atom. The summed E-state index contributed by atoms with van der Waals surface area (Å²) in [5.74, 6) is 1.17. The maximum absolute atomic E-state index is 12.9. The lowest BCUT2D eigenvalue weighted by molar-refractivity contribution is -0.153. The predicted molar refractivity (Wildman–Crippen MR) is 98.7 cm³/mol. The molecule has 3 rings (SSSR count). The molecular formula is C20H34N2O4. The molecule has 6 heteroatoms. The van der Waals surface area contributed by atoms with Crippen molar-refractivity contribution in [1.82, 2.24) is 9.80 Å². The van der Waals surface area contributed by atoms with Gasteiger partial charge in [-0.3, -0.25) is 9.59 Å². The van der Waals surface area contributed by atoms with Gasteiger partial charge < -0.3 is 19.3 Å². The first-order valence-corrected chi connectivity index (χ1v) is 10.2. The summed E-state index contributed by atoms with van der Waals surface area (Å²) in [5, 5.41) is 0. The summed E-state index contributed by atoms with van der Waals surface area (Å²) in [5.41, 5.74) is -0.0224. The molecular weight excluding hydrogens is 332 g/mol. The molecule has 0 radical (unpaired) electrons. The van der Waals surface area contributed by atoms with Gasteiger partial charge in [0.15, 0.2) is 0 Å². The Labute approximate surface area is 157 Å². The van der Waals surface area contributed by atoms with Gasteiger partial charge in [-0.15, -0.1) is 0 Å². The van der Waals surface area contributed by atoms with E-state index in [4.69, 9.17) is 9.47 Å². The number of carbonyl (C=O) groups is 2. The number of piperidine rings is 2. The molecule has 26 heavy (non-hydrogen) atoms. The molecule has 0 saturated carbocycles. The topological polar surface area (TPSA) is 59.1 Å². The monoisotopic (exact) mass is 366 g/mol. The Hall–Kier alpha value is -1.14. The number of amides is 2. The summed E-state index contributed by atoms with van der Waals surface area (Å²) >= 11 is 0. The van der Waals surface area contributed by atoms with Crippen LogP contribution in [0.1, 0.15) is 51.9 Å². The van der Waals surface area contributed by atoms with Gasteiger partial charge in [-0.2, -0.15) is 0 Å². The van der Waals surface area contributed by atoms with Gasteiger partial charge in [0.2, 0.25) is 11.8 Å². The zero-order valence-electron chi connectivity index (χ0n) is 16.4. The van der Waals surface area contributed by atoms with Crippen molar-refractivity contribution in [1.29, 1.82) is 0 Å². The van der Waals surface area contributed by atoms with Crippen molar-refractivity contribution in [2.75, 3.05) is 46.5 Å². The van der Waals surface area contributed by atoms with Gasteiger partial charge in [-0.1, -0.05) is 0 Å². The molecule has 3 saturated heterocycles. The van der Waals surface area contributed by atoms with E-state index >= 15 is 0 Å². The maximum atomic E-state index is 12.9. The second kappa shape index (κ2) is 8.70. The summed E-state index contributed by atoms with van der Waals surface area (Å²) in [4.78, 5) is 28.2. The average molecular weight is 367 g/mol. The highest BCUT2D eigenvalue weighted by atomic mass is 16.5. The minimum Gasteiger partial charge on any atom is -0.385 e. The third kappa shape index (κ3) is 4.58. The van der Waals surface area contributed by atoms with Crippen molar-refractivity contribution in [3.63, 3.8) is 0 Å². The molecule has 0 aromatic rings. The SMILES string of the molecule is COCCC1CCOC2(CCN(C(=O)C3CCN(C(C)=O)CC3)CC2)C1. The molecule has 0 aliphatic carbocycles. The van der Waals surface area contributed by atoms with E-state index in [0.717, 1.165) is 71.2 Å². The first-order chi connectivity index (χ1) is 12.5. The van der Waals surface area contributed by atoms with Crippen molar-refractivity contribution in [3.8, 4) is 0 Å². The Balaban J connectivity index is 1.47. The first-order valence-electron chi connectivity index (χ1n) is 10.2. The number of methoxy groups -OCH3 is 1. The smallest absolute Gasteiger partial charge is 0.225 e. The van der Waals surface area contributed by atoms with Crippen molar-refractivity contribution in [3.05, 3.63) is 0 Å². The van der Waals surface area contributed by atoms with Crippen molar-refractivity contribution in [2.24, 2.45) is 11.8 Å². The van der Waals surface area contributed by atoms with Crippen LogP contribution in [-0.2, 0) is 19.1 Å². The number of nitrogens with zero attached hydrogens (tertiary/aromatic N) is 2. The van der Waals surface area contributed by atoms with E-state index in [-0.39, 0.29) is 23.3 Å². The van der Waals surface area contributed by atoms with Crippen LogP contribution < -0.4 is 0 Å². The lowest BCUT2D eigenvalue weighted by Crippen LogP contribution is -2.52. The summed E-state index contributed by atoms with van der Waals surface area (Å²) in [6, 6.07) is 0. The Kier molecular flexibility index (Phi) is 6.56. The number of rotatable bonds is 4. The van der Waals surface area contributed by atoms with Gasteiger partial charge in [-0.25, -0.2) is 0 Å². The van der Waals surface area contributed by atoms with Gasteiger partial charge in [-0.05, 0) is 50.9 Å². The van der Waals surface area contributed by atoms with Crippen molar-refractivity contribution < 1.29 is 19.1 Å². The molecule has 3 fully saturated rings. The standard InChI is InChI=1S/C20H34N2O4/c1-16(23)21-9-3-18(4-10-21)19(24)22-11-7-20(8-12-22)15-17(5-13-25-2)6-14-26-20/h17-18H,3-15H2,1-2H3. The minimum absolute atomic E-state index is 0.0224. The van der Waals surface area contributed by atoms with Crippen LogP contribution in [0.15, 0.2) is 0 Å². The molecule has 148 valence electrons. The highest BCUT2D eigenvalue weighted by Gasteiger charge is 2.42. The van der Waals surface area contributed by atoms with Gasteiger partial charge in [0.25, 0.3) is 0 Å². The first kappa shape index (κ1) is 19.6. The summed E-state index contributed by atoms with van der Waals surface area (Å²) in [6.07, 6.45) is 6.85. The summed E-state index contributed by atoms with van der Waals surface area (Å²) < 4.78 is 11.4. The van der Waals surface area contributed by atoms with Gasteiger partial charge in [0.05, 0.1) is 5.60 Å². The highest BCUT2D eigenvalue weighted by Crippen LogP contribution is 2.39. The Bertz CT molecular complexity index is 494. The third-order valence-corrected chi connectivity index (χ3v) is 6.60. The van der Waals surface area contributed by atoms with E-state index in [1.165, 1.54) is 0 Å². The van der Waals surface area contributed by atoms with E-state index in [1.807, 2.05) is 9.80 Å². The fourth-order valence-electron chi connectivity index (χ4n) is 4.84. The molecule has 1 spiro atoms. The van der Waals surface area contributed by atoms with E-state index in [2.05, 4.69) is 0 Å². The summed E-state index contributed by atoms with van der Waals surface area (Å²) in [6.45, 7) is 6.32. The molecule has 0 bridgehead atoms. The number of carbonyl (C=O) groups excluding carboxylic acids is 2. The second-order valence-electron chi connectivity index (χ2n) is 8.28. The van der Waals surface area contributed by atoms with Crippen LogP contribution in [0.2, 0.25) is 0 Å². The fraction of sp³-hybridized carbons (Fsp3) is 0.900. The number of hydrogen-bond donors (Lipinski definition) is 0. The predicted octanol–water partition coefficient (Wildman–Crippen LogP) is 2.07. The number of likely N-dealkylation sites (tertiary alicyclic amines) is 2. The zero-order chi connectivity index (χ0) is 18.6. The minimum atomic E-state index is -0.0224. The van der Waals surface area contributed by atoms with Crippen molar-refractivity contribution >= 4 is 11.8 Å². The Morgan fingerprint density at radius 2 is 1.77 bits per heavy atom. The fourth-order valence-corrected chi connectivity index (χ4v) is 4.84. The molecule has 2 amide bonds. The quantitative estimate of drug-likeness (QED) is 0.764. The van der Waals surface area contributed by atoms with Gasteiger partial charge in [0.1, 0.15) is 0 Å². The van der Waals surface area contributed by atoms with Gasteiger partial charge in [0, 0.05) is 59.3 Å². The van der Waals surface area contributed by atoms with Gasteiger partial charge >= 0.3 is 0 Å². The second-order valence-corrected chi connectivity index (χ2v) is 8.28. The van der Waals surface area contributed by atoms with Crippen LogP contribution >= 0.6 is 0 Å². The largest absolute Gasteiger partial charge is 0.385 e. The molecule has 3 aliphatic heterocycles. The van der Waals surface area contributed by atoms with Crippen LogP contribution in [0.4, 0.5) is 0 Å². The molecule has 0 aromatic carbocycles. The maximum Gasteiger partial charge on any atom is 0.225 e. The zero-order valence-corrected chi connectivity index (χ0v) is 16.4. The average Bonchev–Trinajstić information content (AvgIpc) is 2.67. The van der Waals surface area contributed by atoms with E-state index < -0.39 is 0 Å². The normalized spacial score (nSPS) is 26.9. The molecule has 1 unspecified atom stereocenters. The lowest BCUT2D eigenvalue weighted by Gasteiger charge is -2.47. The molecule has 0 aromatic heterocycles. The van der Waals surface area contributed by atoms with Crippen LogP contribution in [0.3, 0.4) is 0 Å². The third-order valence-electron chi connectivity index (χ3n) is 6.60. The summed E-state index contributed by atoms with van der Waals surface area (Å²) in [7, 11) is 1.76. The van der Waals surface area contributed by atoms with Crippen LogP contribution in [0.5, 0.6) is 0 Å². The molecule has 3 aliphatic rings.